The van der Waals surface area contributed by atoms with Gasteiger partial charge in [-0.05, 0) is 35.7 Å². The molecule has 0 bridgehead atoms. The van der Waals surface area contributed by atoms with Crippen LogP contribution in [0.3, 0.4) is 0 Å². The fraction of sp³-hybridized carbons (Fsp3) is 0.0870. The highest BCUT2D eigenvalue weighted by Gasteiger charge is 2.15. The van der Waals surface area contributed by atoms with E-state index in [0.717, 1.165) is 33.5 Å². The summed E-state index contributed by atoms with van der Waals surface area (Å²) in [6.45, 7) is 0. The number of pyridine rings is 1. The molecule has 0 saturated carbocycles. The van der Waals surface area contributed by atoms with Gasteiger partial charge in [-0.2, -0.15) is 5.11 Å². The number of hydrogen-bond acceptors (Lipinski definition) is 5. The molecule has 1 heterocycles. The monoisotopic (exact) mass is 368 g/mol. The highest BCUT2D eigenvalue weighted by atomic mass is 16.5. The highest BCUT2D eigenvalue weighted by molar-refractivity contribution is 5.98. The van der Waals surface area contributed by atoms with Crippen LogP contribution in [0.5, 0.6) is 0 Å². The minimum Gasteiger partial charge on any atom is -0.356 e. The van der Waals surface area contributed by atoms with Crippen molar-refractivity contribution in [3.63, 3.8) is 0 Å². The lowest BCUT2D eigenvalue weighted by atomic mass is 10.1. The third-order valence-corrected chi connectivity index (χ3v) is 4.40. The standard InChI is InChI=1S/C23H20N4O/c1-28-23(21-13-7-8-16-24-21)25-20-15-14-17-9-5-6-12-19(17)22(20)27-26-18-10-3-2-4-11-18/h2-16,23,25H,1H3. The predicted octanol–water partition coefficient (Wildman–Crippen LogP) is 6.41. The molecule has 0 spiro atoms. The number of methoxy groups -OCH3 is 1. The van der Waals surface area contributed by atoms with Crippen molar-refractivity contribution < 1.29 is 4.74 Å². The first-order chi connectivity index (χ1) is 13.8. The van der Waals surface area contributed by atoms with Crippen molar-refractivity contribution in [2.24, 2.45) is 10.2 Å². The van der Waals surface area contributed by atoms with E-state index in [2.05, 4.69) is 32.7 Å². The summed E-state index contributed by atoms with van der Waals surface area (Å²) in [5.41, 5.74) is 3.19. The zero-order valence-corrected chi connectivity index (χ0v) is 15.5. The molecule has 0 aliphatic carbocycles. The number of benzene rings is 3. The molecule has 28 heavy (non-hydrogen) atoms. The van der Waals surface area contributed by atoms with Crippen LogP contribution in [0.2, 0.25) is 0 Å². The van der Waals surface area contributed by atoms with Gasteiger partial charge in [0, 0.05) is 18.7 Å². The Balaban J connectivity index is 1.76. The van der Waals surface area contributed by atoms with Gasteiger partial charge in [-0.1, -0.05) is 54.6 Å². The summed E-state index contributed by atoms with van der Waals surface area (Å²) >= 11 is 0. The van der Waals surface area contributed by atoms with Crippen LogP contribution in [-0.4, -0.2) is 12.1 Å². The Morgan fingerprint density at radius 2 is 1.61 bits per heavy atom. The Labute approximate surface area is 163 Å². The number of anilines is 1. The molecule has 4 rings (SSSR count). The first-order valence-electron chi connectivity index (χ1n) is 9.04. The van der Waals surface area contributed by atoms with Gasteiger partial charge in [-0.15, -0.1) is 5.11 Å². The number of azo groups is 1. The lowest BCUT2D eigenvalue weighted by Gasteiger charge is -2.19. The molecule has 0 saturated heterocycles. The predicted molar refractivity (Wildman–Crippen MR) is 112 cm³/mol. The molecular formula is C23H20N4O. The lowest BCUT2D eigenvalue weighted by Crippen LogP contribution is -2.14. The van der Waals surface area contributed by atoms with Crippen molar-refractivity contribution in [3.05, 3.63) is 96.8 Å². The lowest BCUT2D eigenvalue weighted by molar-refractivity contribution is 0.123. The van der Waals surface area contributed by atoms with Gasteiger partial charge >= 0.3 is 0 Å². The Morgan fingerprint density at radius 1 is 0.821 bits per heavy atom. The number of ether oxygens (including phenoxy) is 1. The van der Waals surface area contributed by atoms with Crippen molar-refractivity contribution in [2.75, 3.05) is 12.4 Å². The number of nitrogens with one attached hydrogen (secondary N) is 1. The van der Waals surface area contributed by atoms with Crippen LogP contribution < -0.4 is 5.32 Å². The van der Waals surface area contributed by atoms with Gasteiger partial charge < -0.3 is 10.1 Å². The third-order valence-electron chi connectivity index (χ3n) is 4.40. The SMILES string of the molecule is COC(Nc1ccc2ccccc2c1N=Nc1ccccc1)c1ccccn1. The fourth-order valence-corrected chi connectivity index (χ4v) is 3.01. The second kappa shape index (κ2) is 8.41. The second-order valence-electron chi connectivity index (χ2n) is 6.23. The first kappa shape index (κ1) is 17.8. The maximum Gasteiger partial charge on any atom is 0.170 e. The van der Waals surface area contributed by atoms with Crippen molar-refractivity contribution in [3.8, 4) is 0 Å². The van der Waals surface area contributed by atoms with Crippen molar-refractivity contribution in [1.29, 1.82) is 0 Å². The summed E-state index contributed by atoms with van der Waals surface area (Å²) < 4.78 is 5.62. The highest BCUT2D eigenvalue weighted by Crippen LogP contribution is 2.37. The molecule has 1 aromatic heterocycles. The second-order valence-corrected chi connectivity index (χ2v) is 6.23. The van der Waals surface area contributed by atoms with Gasteiger partial charge in [0.25, 0.3) is 0 Å². The van der Waals surface area contributed by atoms with Crippen LogP contribution in [0.4, 0.5) is 17.1 Å². The van der Waals surface area contributed by atoms with Crippen LogP contribution in [0.1, 0.15) is 11.9 Å². The van der Waals surface area contributed by atoms with Crippen LogP contribution in [-0.2, 0) is 4.74 Å². The van der Waals surface area contributed by atoms with Crippen LogP contribution in [0.15, 0.2) is 101 Å². The van der Waals surface area contributed by atoms with Gasteiger partial charge in [0.05, 0.1) is 17.1 Å². The average molecular weight is 368 g/mol. The summed E-state index contributed by atoms with van der Waals surface area (Å²) in [5, 5.41) is 14.5. The van der Waals surface area contributed by atoms with Gasteiger partial charge in [0.15, 0.2) is 6.23 Å². The number of hydrogen-bond donors (Lipinski definition) is 1. The Hall–Kier alpha value is -3.57. The molecule has 1 unspecified atom stereocenters. The molecule has 4 aromatic rings. The maximum atomic E-state index is 5.62. The molecular weight excluding hydrogens is 348 g/mol. The molecule has 1 N–H and O–H groups in total. The zero-order chi connectivity index (χ0) is 19.2. The summed E-state index contributed by atoms with van der Waals surface area (Å²) in [7, 11) is 1.65. The Kier molecular flexibility index (Phi) is 5.36. The first-order valence-corrected chi connectivity index (χ1v) is 9.04. The molecule has 0 aliphatic rings. The maximum absolute atomic E-state index is 5.62. The molecule has 5 heteroatoms. The quantitative estimate of drug-likeness (QED) is 0.316. The number of nitrogens with zero attached hydrogens (tertiary/aromatic N) is 3. The van der Waals surface area contributed by atoms with E-state index >= 15 is 0 Å². The minimum absolute atomic E-state index is 0.395. The number of aromatic nitrogens is 1. The molecule has 3 aromatic carbocycles. The van der Waals surface area contributed by atoms with Gasteiger partial charge in [0.1, 0.15) is 5.69 Å². The third kappa shape index (κ3) is 3.89. The summed E-state index contributed by atoms with van der Waals surface area (Å²) in [4.78, 5) is 4.39. The normalized spacial score (nSPS) is 12.3. The molecule has 0 fully saturated rings. The van der Waals surface area contributed by atoms with Gasteiger partial charge in [0.2, 0.25) is 0 Å². The molecule has 1 atom stereocenters. The molecule has 5 nitrogen and oxygen atoms in total. The topological polar surface area (TPSA) is 58.9 Å². The van der Waals surface area contributed by atoms with E-state index in [4.69, 9.17) is 4.74 Å². The Morgan fingerprint density at radius 3 is 2.39 bits per heavy atom. The van der Waals surface area contributed by atoms with Crippen LogP contribution in [0, 0.1) is 0 Å². The number of rotatable bonds is 6. The van der Waals surface area contributed by atoms with E-state index in [-0.39, 0.29) is 0 Å². The van der Waals surface area contributed by atoms with Gasteiger partial charge in [-0.25, -0.2) is 0 Å². The fourth-order valence-electron chi connectivity index (χ4n) is 3.01. The van der Waals surface area contributed by atoms with E-state index in [1.54, 1.807) is 13.3 Å². The van der Waals surface area contributed by atoms with E-state index in [1.807, 2.05) is 72.8 Å². The van der Waals surface area contributed by atoms with Crippen molar-refractivity contribution in [2.45, 2.75) is 6.23 Å². The van der Waals surface area contributed by atoms with E-state index in [1.165, 1.54) is 0 Å². The minimum atomic E-state index is -0.395. The largest absolute Gasteiger partial charge is 0.356 e. The zero-order valence-electron chi connectivity index (χ0n) is 15.5. The van der Waals surface area contributed by atoms with Crippen LogP contribution in [0.25, 0.3) is 10.8 Å². The van der Waals surface area contributed by atoms with E-state index in [9.17, 15) is 0 Å². The molecule has 0 radical (unpaired) electrons. The Bertz CT molecular complexity index is 1080. The van der Waals surface area contributed by atoms with Crippen molar-refractivity contribution in [1.82, 2.24) is 4.98 Å². The molecule has 0 amide bonds. The molecule has 138 valence electrons. The number of fused-ring (bicyclic) bond motifs is 1. The van der Waals surface area contributed by atoms with Crippen molar-refractivity contribution >= 4 is 27.8 Å². The summed E-state index contributed by atoms with van der Waals surface area (Å²) in [6, 6.07) is 27.6. The summed E-state index contributed by atoms with van der Waals surface area (Å²) in [6.07, 6.45) is 1.35. The summed E-state index contributed by atoms with van der Waals surface area (Å²) in [5.74, 6) is 0. The molecule has 0 aliphatic heterocycles. The van der Waals surface area contributed by atoms with Crippen LogP contribution >= 0.6 is 0 Å². The van der Waals surface area contributed by atoms with Gasteiger partial charge in [-0.3, -0.25) is 4.98 Å². The van der Waals surface area contributed by atoms with E-state index in [0.29, 0.717) is 0 Å². The smallest absolute Gasteiger partial charge is 0.170 e. The average Bonchev–Trinajstić information content (AvgIpc) is 2.77. The van der Waals surface area contributed by atoms with E-state index < -0.39 is 6.23 Å².